The van der Waals surface area contributed by atoms with E-state index in [4.69, 9.17) is 4.74 Å². The van der Waals surface area contributed by atoms with Crippen LogP contribution in [-0.2, 0) is 6.42 Å². The first-order valence-corrected chi connectivity index (χ1v) is 8.55. The minimum Gasteiger partial charge on any atom is -0.496 e. The van der Waals surface area contributed by atoms with E-state index in [1.54, 1.807) is 20.1 Å². The van der Waals surface area contributed by atoms with Gasteiger partial charge in [-0.3, -0.25) is 4.79 Å². The molecule has 1 unspecified atom stereocenters. The molecular weight excluding hydrogens is 316 g/mol. The largest absolute Gasteiger partial charge is 0.496 e. The minimum atomic E-state index is -0.173. The van der Waals surface area contributed by atoms with Crippen LogP contribution in [0.3, 0.4) is 0 Å². The van der Waals surface area contributed by atoms with E-state index in [0.29, 0.717) is 23.9 Å². The second-order valence-corrected chi connectivity index (χ2v) is 5.96. The lowest BCUT2D eigenvalue weighted by Gasteiger charge is -2.13. The fourth-order valence-electron chi connectivity index (χ4n) is 2.41. The number of nitrogens with one attached hydrogen (secondary N) is 2. The number of aromatic nitrogens is 2. The second-order valence-electron chi connectivity index (χ2n) is 5.96. The third-order valence-corrected chi connectivity index (χ3v) is 3.95. The molecule has 134 valence electrons. The smallest absolute Gasteiger partial charge is 0.270 e. The van der Waals surface area contributed by atoms with Crippen molar-refractivity contribution < 1.29 is 9.53 Å². The topological polar surface area (TPSA) is 76.1 Å². The number of benzene rings is 1. The number of hydrogen-bond donors (Lipinski definition) is 2. The number of aryl methyl sites for hydroxylation is 1. The SMILES string of the molecule is CCC(C)NC(=O)c1cc(NCCc2ccccc2OC)nc(C)n1. The number of rotatable bonds is 8. The van der Waals surface area contributed by atoms with Gasteiger partial charge >= 0.3 is 0 Å². The number of nitrogens with zero attached hydrogens (tertiary/aromatic N) is 2. The maximum absolute atomic E-state index is 12.3. The third-order valence-electron chi connectivity index (χ3n) is 3.95. The zero-order chi connectivity index (χ0) is 18.2. The summed E-state index contributed by atoms with van der Waals surface area (Å²) in [4.78, 5) is 20.8. The van der Waals surface area contributed by atoms with Crippen molar-refractivity contribution in [3.63, 3.8) is 0 Å². The molecule has 1 aromatic heterocycles. The number of ether oxygens (including phenoxy) is 1. The van der Waals surface area contributed by atoms with Gasteiger partial charge in [-0.1, -0.05) is 25.1 Å². The van der Waals surface area contributed by atoms with Gasteiger partial charge in [-0.15, -0.1) is 0 Å². The Morgan fingerprint density at radius 2 is 2.04 bits per heavy atom. The Kier molecular flexibility index (Phi) is 6.74. The highest BCUT2D eigenvalue weighted by molar-refractivity contribution is 5.93. The summed E-state index contributed by atoms with van der Waals surface area (Å²) in [7, 11) is 1.67. The molecule has 0 bridgehead atoms. The molecular formula is C19H26N4O2. The van der Waals surface area contributed by atoms with E-state index in [0.717, 1.165) is 24.2 Å². The van der Waals surface area contributed by atoms with Crippen molar-refractivity contribution in [2.24, 2.45) is 0 Å². The zero-order valence-corrected chi connectivity index (χ0v) is 15.3. The maximum Gasteiger partial charge on any atom is 0.270 e. The molecule has 6 nitrogen and oxygen atoms in total. The summed E-state index contributed by atoms with van der Waals surface area (Å²) in [5, 5.41) is 6.18. The second kappa shape index (κ2) is 9.01. The standard InChI is InChI=1S/C19H26N4O2/c1-5-13(2)21-19(24)16-12-18(23-14(3)22-16)20-11-10-15-8-6-7-9-17(15)25-4/h6-9,12-13H,5,10-11H2,1-4H3,(H,21,24)(H,20,22,23). The molecule has 1 amide bonds. The van der Waals surface area contributed by atoms with Gasteiger partial charge in [-0.25, -0.2) is 9.97 Å². The monoisotopic (exact) mass is 342 g/mol. The van der Waals surface area contributed by atoms with Crippen LogP contribution in [0.2, 0.25) is 0 Å². The van der Waals surface area contributed by atoms with Crippen molar-refractivity contribution in [3.05, 3.63) is 47.4 Å². The van der Waals surface area contributed by atoms with Crippen molar-refractivity contribution in [2.75, 3.05) is 19.0 Å². The highest BCUT2D eigenvalue weighted by Crippen LogP contribution is 2.18. The van der Waals surface area contributed by atoms with Crippen LogP contribution in [0, 0.1) is 6.92 Å². The molecule has 1 aromatic carbocycles. The van der Waals surface area contributed by atoms with Gasteiger partial charge in [-0.05, 0) is 38.3 Å². The third kappa shape index (κ3) is 5.45. The lowest BCUT2D eigenvalue weighted by atomic mass is 10.1. The van der Waals surface area contributed by atoms with Gasteiger partial charge in [0.15, 0.2) is 0 Å². The average molecular weight is 342 g/mol. The quantitative estimate of drug-likeness (QED) is 0.771. The summed E-state index contributed by atoms with van der Waals surface area (Å²) in [5.74, 6) is 1.91. The minimum absolute atomic E-state index is 0.115. The Bertz CT molecular complexity index is 718. The molecule has 6 heteroatoms. The Morgan fingerprint density at radius 3 is 2.76 bits per heavy atom. The first-order chi connectivity index (χ1) is 12.0. The van der Waals surface area contributed by atoms with Gasteiger partial charge in [0.2, 0.25) is 0 Å². The summed E-state index contributed by atoms with van der Waals surface area (Å²) in [6.45, 7) is 6.47. The normalized spacial score (nSPS) is 11.7. The fourth-order valence-corrected chi connectivity index (χ4v) is 2.41. The molecule has 0 spiro atoms. The summed E-state index contributed by atoms with van der Waals surface area (Å²) >= 11 is 0. The Morgan fingerprint density at radius 1 is 1.28 bits per heavy atom. The molecule has 0 aliphatic carbocycles. The Hall–Kier alpha value is -2.63. The van der Waals surface area contributed by atoms with E-state index in [-0.39, 0.29) is 11.9 Å². The molecule has 2 N–H and O–H groups in total. The molecule has 2 rings (SSSR count). The molecule has 0 aliphatic rings. The fraction of sp³-hybridized carbons (Fsp3) is 0.421. The molecule has 0 saturated carbocycles. The van der Waals surface area contributed by atoms with Crippen LogP contribution in [0.15, 0.2) is 30.3 Å². The summed E-state index contributed by atoms with van der Waals surface area (Å²) < 4.78 is 5.36. The zero-order valence-electron chi connectivity index (χ0n) is 15.3. The van der Waals surface area contributed by atoms with Crippen LogP contribution in [0.4, 0.5) is 5.82 Å². The van der Waals surface area contributed by atoms with Crippen LogP contribution < -0.4 is 15.4 Å². The summed E-state index contributed by atoms with van der Waals surface area (Å²) in [5.41, 5.74) is 1.51. The van der Waals surface area contributed by atoms with Crippen LogP contribution in [0.5, 0.6) is 5.75 Å². The van der Waals surface area contributed by atoms with Gasteiger partial charge in [0.1, 0.15) is 23.1 Å². The number of carbonyl (C=O) groups excluding carboxylic acids is 1. The number of anilines is 1. The van der Waals surface area contributed by atoms with Crippen molar-refractivity contribution in [3.8, 4) is 5.75 Å². The van der Waals surface area contributed by atoms with Crippen LogP contribution in [0.25, 0.3) is 0 Å². The molecule has 25 heavy (non-hydrogen) atoms. The molecule has 0 aliphatic heterocycles. The predicted molar refractivity (Wildman–Crippen MR) is 99.2 cm³/mol. The van der Waals surface area contributed by atoms with Gasteiger partial charge in [0.25, 0.3) is 5.91 Å². The molecule has 0 saturated heterocycles. The van der Waals surface area contributed by atoms with Crippen molar-refractivity contribution in [2.45, 2.75) is 39.7 Å². The lowest BCUT2D eigenvalue weighted by Crippen LogP contribution is -2.32. The number of amides is 1. The van der Waals surface area contributed by atoms with Gasteiger partial charge < -0.3 is 15.4 Å². The van der Waals surface area contributed by atoms with E-state index in [1.165, 1.54) is 0 Å². The van der Waals surface area contributed by atoms with E-state index in [9.17, 15) is 4.79 Å². The summed E-state index contributed by atoms with van der Waals surface area (Å²) in [6.07, 6.45) is 1.67. The van der Waals surface area contributed by atoms with Gasteiger partial charge in [0.05, 0.1) is 7.11 Å². The van der Waals surface area contributed by atoms with E-state index >= 15 is 0 Å². The Balaban J connectivity index is 2.01. The van der Waals surface area contributed by atoms with Crippen LogP contribution >= 0.6 is 0 Å². The lowest BCUT2D eigenvalue weighted by molar-refractivity contribution is 0.0934. The predicted octanol–water partition coefficient (Wildman–Crippen LogP) is 2.98. The van der Waals surface area contributed by atoms with E-state index < -0.39 is 0 Å². The highest BCUT2D eigenvalue weighted by Gasteiger charge is 2.12. The number of hydrogen-bond acceptors (Lipinski definition) is 5. The highest BCUT2D eigenvalue weighted by atomic mass is 16.5. The first-order valence-electron chi connectivity index (χ1n) is 8.55. The molecule has 1 heterocycles. The van der Waals surface area contributed by atoms with Gasteiger partial charge in [-0.2, -0.15) is 0 Å². The Labute approximate surface area is 149 Å². The van der Waals surface area contributed by atoms with Gasteiger partial charge in [0, 0.05) is 18.7 Å². The van der Waals surface area contributed by atoms with Crippen LogP contribution in [0.1, 0.15) is 42.1 Å². The molecule has 2 aromatic rings. The number of para-hydroxylation sites is 1. The maximum atomic E-state index is 12.3. The van der Waals surface area contributed by atoms with Crippen molar-refractivity contribution in [1.29, 1.82) is 0 Å². The van der Waals surface area contributed by atoms with Crippen molar-refractivity contribution in [1.82, 2.24) is 15.3 Å². The average Bonchev–Trinajstić information content (AvgIpc) is 2.61. The van der Waals surface area contributed by atoms with Crippen LogP contribution in [-0.4, -0.2) is 35.6 Å². The molecule has 1 atom stereocenters. The van der Waals surface area contributed by atoms with Crippen molar-refractivity contribution >= 4 is 11.7 Å². The number of carbonyl (C=O) groups is 1. The first kappa shape index (κ1) is 18.7. The molecule has 0 radical (unpaired) electrons. The van der Waals surface area contributed by atoms with E-state index in [2.05, 4.69) is 20.6 Å². The number of methoxy groups -OCH3 is 1. The molecule has 0 fully saturated rings. The van der Waals surface area contributed by atoms with E-state index in [1.807, 2.05) is 38.1 Å². The summed E-state index contributed by atoms with van der Waals surface area (Å²) in [6, 6.07) is 9.73.